The maximum absolute atomic E-state index is 12.3. The number of aliphatic imine (C=N–C) groups is 1. The fraction of sp³-hybridized carbons (Fsp3) is 0.263. The number of hydrogen-bond acceptors (Lipinski definition) is 6. The highest BCUT2D eigenvalue weighted by Crippen LogP contribution is 2.13. The first kappa shape index (κ1) is 24.6. The van der Waals surface area contributed by atoms with E-state index in [-0.39, 0.29) is 30.7 Å². The van der Waals surface area contributed by atoms with E-state index >= 15 is 0 Å². The summed E-state index contributed by atoms with van der Waals surface area (Å²) in [6, 6.07) is 13.3. The summed E-state index contributed by atoms with van der Waals surface area (Å²) in [6.07, 6.45) is -1.01. The van der Waals surface area contributed by atoms with Gasteiger partial charge in [-0.1, -0.05) is 35.9 Å². The normalized spacial score (nSPS) is 12.2. The van der Waals surface area contributed by atoms with Crippen molar-refractivity contribution in [2.75, 3.05) is 13.2 Å². The van der Waals surface area contributed by atoms with E-state index in [0.717, 1.165) is 5.56 Å². The minimum atomic E-state index is -3.75. The predicted octanol–water partition coefficient (Wildman–Crippen LogP) is -0.111. The number of carbonyl (C=O) groups is 1. The lowest BCUT2D eigenvalue weighted by molar-refractivity contribution is -0.120. The number of hydrogen-bond donors (Lipinski definition) is 6. The maximum atomic E-state index is 12.3. The van der Waals surface area contributed by atoms with E-state index in [2.05, 4.69) is 20.3 Å². The molecule has 12 heteroatoms. The van der Waals surface area contributed by atoms with Gasteiger partial charge in [-0.3, -0.25) is 10.1 Å². The van der Waals surface area contributed by atoms with Gasteiger partial charge >= 0.3 is 0 Å². The number of amides is 1. The first-order valence-electron chi connectivity index (χ1n) is 9.21. The summed E-state index contributed by atoms with van der Waals surface area (Å²) >= 11 is 5.79. The fourth-order valence-corrected chi connectivity index (χ4v) is 3.95. The molecule has 1 amide bonds. The number of guanidine groups is 1. The van der Waals surface area contributed by atoms with Crippen LogP contribution in [-0.2, 0) is 27.1 Å². The molecule has 31 heavy (non-hydrogen) atoms. The molecule has 0 saturated carbocycles. The summed E-state index contributed by atoms with van der Waals surface area (Å²) in [5, 5.41) is 15.3. The van der Waals surface area contributed by atoms with Crippen LogP contribution in [-0.4, -0.2) is 44.7 Å². The molecule has 0 aliphatic carbocycles. The molecule has 0 spiro atoms. The Morgan fingerprint density at radius 3 is 2.26 bits per heavy atom. The molecule has 0 bridgehead atoms. The Balaban J connectivity index is 1.79. The highest BCUT2D eigenvalue weighted by molar-refractivity contribution is 7.88. The number of sulfonamides is 1. The van der Waals surface area contributed by atoms with Crippen molar-refractivity contribution >= 4 is 39.2 Å². The summed E-state index contributed by atoms with van der Waals surface area (Å²) in [6.45, 7) is -0.463. The van der Waals surface area contributed by atoms with Gasteiger partial charge in [-0.2, -0.15) is 4.72 Å². The van der Waals surface area contributed by atoms with E-state index in [0.29, 0.717) is 16.3 Å². The number of carbonyl (C=O) groups excluding carboxylic acids is 1. The zero-order valence-corrected chi connectivity index (χ0v) is 18.2. The number of halogens is 1. The number of aliphatic hydroxyl groups excluding tert-OH is 1. The standard InChI is InChI=1S/C19H25ClN6O4S/c20-15-5-1-14(2-6-15)12-31(29,30)26-17(11-27)23-10-18(28)24-9-13-3-7-16(8-4-13)25-19(21)22/h1-8,17,23,26-27H,9-12H2,(H,24,28)(H4,21,22,25). The van der Waals surface area contributed by atoms with Crippen LogP contribution in [0.4, 0.5) is 5.69 Å². The molecular formula is C19H25ClN6O4S. The molecule has 0 radical (unpaired) electrons. The molecule has 1 unspecified atom stereocenters. The van der Waals surface area contributed by atoms with Gasteiger partial charge < -0.3 is 21.9 Å². The second kappa shape index (κ2) is 11.6. The lowest BCUT2D eigenvalue weighted by atomic mass is 10.2. The molecule has 0 heterocycles. The zero-order valence-electron chi connectivity index (χ0n) is 16.6. The monoisotopic (exact) mass is 468 g/mol. The van der Waals surface area contributed by atoms with Crippen molar-refractivity contribution in [1.29, 1.82) is 0 Å². The third-order valence-corrected chi connectivity index (χ3v) is 5.58. The highest BCUT2D eigenvalue weighted by Gasteiger charge is 2.18. The van der Waals surface area contributed by atoms with Gasteiger partial charge in [0.1, 0.15) is 0 Å². The number of nitrogens with one attached hydrogen (secondary N) is 3. The second-order valence-corrected chi connectivity index (χ2v) is 8.79. The lowest BCUT2D eigenvalue weighted by Crippen LogP contribution is -2.50. The van der Waals surface area contributed by atoms with E-state index in [1.54, 1.807) is 48.5 Å². The Labute approximate surface area is 185 Å². The van der Waals surface area contributed by atoms with Crippen LogP contribution < -0.4 is 26.8 Å². The van der Waals surface area contributed by atoms with Gasteiger partial charge in [0.05, 0.1) is 30.8 Å². The van der Waals surface area contributed by atoms with Gasteiger partial charge in [-0.05, 0) is 35.4 Å². The van der Waals surface area contributed by atoms with Crippen LogP contribution in [0.2, 0.25) is 5.02 Å². The molecule has 0 fully saturated rings. The van der Waals surface area contributed by atoms with Crippen molar-refractivity contribution in [1.82, 2.24) is 15.4 Å². The van der Waals surface area contributed by atoms with Crippen LogP contribution in [0, 0.1) is 0 Å². The van der Waals surface area contributed by atoms with Crippen molar-refractivity contribution < 1.29 is 18.3 Å². The summed E-state index contributed by atoms with van der Waals surface area (Å²) in [4.78, 5) is 15.9. The first-order chi connectivity index (χ1) is 14.7. The molecule has 2 rings (SSSR count). The highest BCUT2D eigenvalue weighted by atomic mass is 35.5. The Bertz CT molecular complexity index is 993. The van der Waals surface area contributed by atoms with Gasteiger partial charge in [0.2, 0.25) is 15.9 Å². The molecule has 2 aromatic carbocycles. The molecule has 10 nitrogen and oxygen atoms in total. The van der Waals surface area contributed by atoms with E-state index in [1.165, 1.54) is 0 Å². The number of rotatable bonds is 11. The smallest absolute Gasteiger partial charge is 0.234 e. The quantitative estimate of drug-likeness (QED) is 0.151. The molecule has 0 aliphatic rings. The minimum absolute atomic E-state index is 0.0469. The summed E-state index contributed by atoms with van der Waals surface area (Å²) < 4.78 is 26.9. The van der Waals surface area contributed by atoms with Crippen LogP contribution in [0.3, 0.4) is 0 Å². The fourth-order valence-electron chi connectivity index (χ4n) is 2.52. The van der Waals surface area contributed by atoms with E-state index < -0.39 is 22.8 Å². The molecule has 1 atom stereocenters. The van der Waals surface area contributed by atoms with Crippen LogP contribution in [0.1, 0.15) is 11.1 Å². The van der Waals surface area contributed by atoms with Crippen molar-refractivity contribution in [2.24, 2.45) is 16.5 Å². The SMILES string of the molecule is NC(N)=Nc1ccc(CNC(=O)CNC(CO)NS(=O)(=O)Cc2ccc(Cl)cc2)cc1. The van der Waals surface area contributed by atoms with Gasteiger partial charge in [-0.15, -0.1) is 0 Å². The number of nitrogens with two attached hydrogens (primary N) is 2. The Morgan fingerprint density at radius 1 is 1.06 bits per heavy atom. The summed E-state index contributed by atoms with van der Waals surface area (Å²) in [7, 11) is -3.75. The molecule has 0 saturated heterocycles. The molecule has 0 aromatic heterocycles. The Kier molecular flexibility index (Phi) is 9.21. The number of nitrogens with zero attached hydrogens (tertiary/aromatic N) is 1. The largest absolute Gasteiger partial charge is 0.393 e. The third-order valence-electron chi connectivity index (χ3n) is 3.97. The Hall–Kier alpha value is -2.70. The van der Waals surface area contributed by atoms with Crippen molar-refractivity contribution in [3.63, 3.8) is 0 Å². The van der Waals surface area contributed by atoms with Crippen LogP contribution >= 0.6 is 11.6 Å². The third kappa shape index (κ3) is 9.32. The van der Waals surface area contributed by atoms with Gasteiger partial charge in [0.15, 0.2) is 5.96 Å². The lowest BCUT2D eigenvalue weighted by Gasteiger charge is -2.18. The van der Waals surface area contributed by atoms with Crippen molar-refractivity contribution in [3.8, 4) is 0 Å². The average molecular weight is 469 g/mol. The second-order valence-electron chi connectivity index (χ2n) is 6.60. The van der Waals surface area contributed by atoms with Crippen LogP contribution in [0.15, 0.2) is 53.5 Å². The molecule has 168 valence electrons. The van der Waals surface area contributed by atoms with Gasteiger partial charge in [-0.25, -0.2) is 13.4 Å². The molecule has 8 N–H and O–H groups in total. The van der Waals surface area contributed by atoms with Gasteiger partial charge in [0, 0.05) is 11.6 Å². The molecular weight excluding hydrogens is 444 g/mol. The van der Waals surface area contributed by atoms with Crippen molar-refractivity contribution in [3.05, 3.63) is 64.7 Å². The maximum Gasteiger partial charge on any atom is 0.234 e. The van der Waals surface area contributed by atoms with Crippen LogP contribution in [0.25, 0.3) is 0 Å². The predicted molar refractivity (Wildman–Crippen MR) is 120 cm³/mol. The summed E-state index contributed by atoms with van der Waals surface area (Å²) in [5.74, 6) is -0.706. The summed E-state index contributed by atoms with van der Waals surface area (Å²) in [5.41, 5.74) is 12.6. The average Bonchev–Trinajstić information content (AvgIpc) is 2.71. The molecule has 2 aromatic rings. The zero-order chi connectivity index (χ0) is 22.9. The van der Waals surface area contributed by atoms with E-state index in [9.17, 15) is 18.3 Å². The van der Waals surface area contributed by atoms with E-state index in [4.69, 9.17) is 23.1 Å². The van der Waals surface area contributed by atoms with Gasteiger partial charge in [0.25, 0.3) is 0 Å². The molecule has 0 aliphatic heterocycles. The van der Waals surface area contributed by atoms with Crippen molar-refractivity contribution in [2.45, 2.75) is 18.5 Å². The van der Waals surface area contributed by atoms with E-state index in [1.807, 2.05) is 0 Å². The topological polar surface area (TPSA) is 172 Å². The minimum Gasteiger partial charge on any atom is -0.393 e. The number of aliphatic hydroxyl groups is 1. The first-order valence-corrected chi connectivity index (χ1v) is 11.2. The number of benzene rings is 2. The van der Waals surface area contributed by atoms with Crippen LogP contribution in [0.5, 0.6) is 0 Å². The Morgan fingerprint density at radius 2 is 1.68 bits per heavy atom.